The molecule has 1 saturated heterocycles. The number of likely N-dealkylation sites (tertiary alicyclic amines) is 1. The monoisotopic (exact) mass is 515 g/mol. The lowest BCUT2D eigenvalue weighted by atomic mass is 9.90. The molecule has 0 saturated carbocycles. The molecule has 2 heterocycles. The molecular weight excluding hydrogens is 482 g/mol. The number of benzene rings is 2. The van der Waals surface area contributed by atoms with Gasteiger partial charge in [-0.1, -0.05) is 23.7 Å². The number of ether oxygens (including phenoxy) is 3. The van der Waals surface area contributed by atoms with Gasteiger partial charge < -0.3 is 24.4 Å². The molecule has 1 aliphatic heterocycles. The molecule has 3 aromatic rings. The van der Waals surface area contributed by atoms with Crippen LogP contribution < -0.4 is 14.2 Å². The Morgan fingerprint density at radius 2 is 2.00 bits per heavy atom. The van der Waals surface area contributed by atoms with E-state index in [1.165, 1.54) is 0 Å². The van der Waals surface area contributed by atoms with Crippen molar-refractivity contribution < 1.29 is 24.4 Å². The lowest BCUT2D eigenvalue weighted by molar-refractivity contribution is -0.140. The number of aryl methyl sites for hydroxylation is 2. The number of methoxy groups -OCH3 is 1. The number of hydrogen-bond donors (Lipinski definition) is 2. The lowest BCUT2D eigenvalue weighted by Crippen LogP contribution is -2.59. The summed E-state index contributed by atoms with van der Waals surface area (Å²) in [5, 5.41) is 26.5. The third-order valence-electron chi connectivity index (χ3n) is 6.38. The summed E-state index contributed by atoms with van der Waals surface area (Å²) in [6.07, 6.45) is 4.08. The van der Waals surface area contributed by atoms with Gasteiger partial charge in [0.1, 0.15) is 18.0 Å². The Kier molecular flexibility index (Phi) is 8.74. The van der Waals surface area contributed by atoms with Gasteiger partial charge in [-0.3, -0.25) is 9.58 Å². The lowest BCUT2D eigenvalue weighted by Gasteiger charge is -2.42. The van der Waals surface area contributed by atoms with Crippen molar-refractivity contribution in [3.8, 4) is 17.2 Å². The quantitative estimate of drug-likeness (QED) is 0.376. The summed E-state index contributed by atoms with van der Waals surface area (Å²) in [5.41, 5.74) is 0.621. The van der Waals surface area contributed by atoms with Crippen molar-refractivity contribution in [1.29, 1.82) is 0 Å². The molecule has 36 heavy (non-hydrogen) atoms. The highest BCUT2D eigenvalue weighted by atomic mass is 35.5. The van der Waals surface area contributed by atoms with E-state index in [0.29, 0.717) is 48.4 Å². The number of nitrogens with zero attached hydrogens (tertiary/aromatic N) is 3. The summed E-state index contributed by atoms with van der Waals surface area (Å²) in [5.74, 6) is 1.85. The minimum absolute atomic E-state index is 0.0531. The van der Waals surface area contributed by atoms with Gasteiger partial charge in [0.2, 0.25) is 0 Å². The van der Waals surface area contributed by atoms with Crippen molar-refractivity contribution in [2.24, 2.45) is 0 Å². The molecule has 8 nitrogen and oxygen atoms in total. The summed E-state index contributed by atoms with van der Waals surface area (Å²) in [4.78, 5) is 2.10. The largest absolute Gasteiger partial charge is 0.493 e. The van der Waals surface area contributed by atoms with Crippen molar-refractivity contribution in [3.05, 3.63) is 71.0 Å². The maximum atomic E-state index is 11.2. The van der Waals surface area contributed by atoms with E-state index < -0.39 is 11.7 Å². The Morgan fingerprint density at radius 3 is 2.78 bits per heavy atom. The zero-order chi connectivity index (χ0) is 25.5. The number of piperidine rings is 1. The fraction of sp³-hybridized carbons (Fsp3) is 0.444. The predicted octanol–water partition coefficient (Wildman–Crippen LogP) is 3.70. The molecule has 194 valence electrons. The second-order valence-corrected chi connectivity index (χ2v) is 9.70. The van der Waals surface area contributed by atoms with Crippen molar-refractivity contribution in [3.63, 3.8) is 0 Å². The molecule has 2 atom stereocenters. The Labute approximate surface area is 217 Å². The van der Waals surface area contributed by atoms with Crippen LogP contribution in [-0.4, -0.2) is 70.0 Å². The first-order valence-electron chi connectivity index (χ1n) is 12.2. The number of hydrogen-bond acceptors (Lipinski definition) is 7. The third kappa shape index (κ3) is 6.70. The van der Waals surface area contributed by atoms with E-state index in [2.05, 4.69) is 10.00 Å². The van der Waals surface area contributed by atoms with E-state index in [-0.39, 0.29) is 13.2 Å². The summed E-state index contributed by atoms with van der Waals surface area (Å²) >= 11 is 6.23. The molecule has 0 spiro atoms. The molecule has 1 aromatic heterocycles. The first-order valence-corrected chi connectivity index (χ1v) is 12.5. The number of aliphatic hydroxyl groups is 2. The van der Waals surface area contributed by atoms with E-state index in [0.717, 1.165) is 24.1 Å². The summed E-state index contributed by atoms with van der Waals surface area (Å²) in [7, 11) is 1.62. The van der Waals surface area contributed by atoms with Crippen LogP contribution >= 0.6 is 11.6 Å². The molecule has 4 rings (SSSR count). The second kappa shape index (κ2) is 12.0. The Bertz CT molecular complexity index is 1130. The van der Waals surface area contributed by atoms with Gasteiger partial charge in [0.15, 0.2) is 11.5 Å². The minimum atomic E-state index is -1.41. The van der Waals surface area contributed by atoms with Crippen molar-refractivity contribution in [1.82, 2.24) is 14.7 Å². The predicted molar refractivity (Wildman–Crippen MR) is 138 cm³/mol. The Balaban J connectivity index is 1.33. The van der Waals surface area contributed by atoms with Crippen molar-refractivity contribution >= 4 is 11.6 Å². The van der Waals surface area contributed by atoms with Gasteiger partial charge in [0.25, 0.3) is 0 Å². The van der Waals surface area contributed by atoms with E-state index >= 15 is 0 Å². The van der Waals surface area contributed by atoms with E-state index in [1.807, 2.05) is 54.2 Å². The summed E-state index contributed by atoms with van der Waals surface area (Å²) < 4.78 is 19.2. The molecule has 0 aliphatic carbocycles. The molecule has 0 amide bonds. The van der Waals surface area contributed by atoms with Gasteiger partial charge in [-0.25, -0.2) is 0 Å². The number of aliphatic hydroxyl groups excluding tert-OH is 1. The molecule has 9 heteroatoms. The van der Waals surface area contributed by atoms with Crippen LogP contribution in [0.15, 0.2) is 54.9 Å². The zero-order valence-electron chi connectivity index (χ0n) is 20.8. The van der Waals surface area contributed by atoms with Crippen molar-refractivity contribution in [2.45, 2.75) is 44.6 Å². The maximum Gasteiger partial charge on any atom is 0.161 e. The van der Waals surface area contributed by atoms with Gasteiger partial charge in [-0.05, 0) is 54.8 Å². The van der Waals surface area contributed by atoms with Crippen LogP contribution in [0.2, 0.25) is 5.02 Å². The fourth-order valence-electron chi connectivity index (χ4n) is 4.38. The van der Waals surface area contributed by atoms with Gasteiger partial charge in [0.05, 0.1) is 24.8 Å². The van der Waals surface area contributed by atoms with Crippen LogP contribution in [0.25, 0.3) is 0 Å². The highest BCUT2D eigenvalue weighted by Crippen LogP contribution is 2.31. The minimum Gasteiger partial charge on any atom is -0.493 e. The summed E-state index contributed by atoms with van der Waals surface area (Å²) in [6.45, 7) is 4.75. The third-order valence-corrected chi connectivity index (χ3v) is 6.70. The Morgan fingerprint density at radius 1 is 1.14 bits per heavy atom. The van der Waals surface area contributed by atoms with E-state index in [9.17, 15) is 10.2 Å². The van der Waals surface area contributed by atoms with Gasteiger partial charge in [-0.2, -0.15) is 5.10 Å². The number of aromatic nitrogens is 2. The highest BCUT2D eigenvalue weighted by molar-refractivity contribution is 6.32. The Hall–Kier alpha value is -2.78. The van der Waals surface area contributed by atoms with E-state index in [1.54, 1.807) is 19.4 Å². The van der Waals surface area contributed by atoms with Crippen LogP contribution in [0.4, 0.5) is 0 Å². The average molecular weight is 516 g/mol. The normalized spacial score (nSPS) is 20.3. The zero-order valence-corrected chi connectivity index (χ0v) is 21.5. The molecule has 0 unspecified atom stereocenters. The van der Waals surface area contributed by atoms with Crippen LogP contribution in [0.1, 0.15) is 24.0 Å². The molecule has 2 aromatic carbocycles. The fourth-order valence-corrected chi connectivity index (χ4v) is 4.55. The summed E-state index contributed by atoms with van der Waals surface area (Å²) in [6, 6.07) is 13.3. The highest BCUT2D eigenvalue weighted by Gasteiger charge is 2.42. The molecule has 0 radical (unpaired) electrons. The molecular formula is C27H34ClN3O5. The number of halogens is 1. The molecule has 1 fully saturated rings. The first kappa shape index (κ1) is 26.3. The number of rotatable bonds is 11. The van der Waals surface area contributed by atoms with Crippen molar-refractivity contribution in [2.75, 3.05) is 33.4 Å². The van der Waals surface area contributed by atoms with Crippen LogP contribution in [0, 0.1) is 6.92 Å². The average Bonchev–Trinajstić information content (AvgIpc) is 3.39. The van der Waals surface area contributed by atoms with Crippen LogP contribution in [0.3, 0.4) is 0 Å². The second-order valence-electron chi connectivity index (χ2n) is 9.30. The molecule has 1 aliphatic rings. The first-order chi connectivity index (χ1) is 17.4. The smallest absolute Gasteiger partial charge is 0.161 e. The van der Waals surface area contributed by atoms with Gasteiger partial charge in [0, 0.05) is 45.0 Å². The van der Waals surface area contributed by atoms with Crippen LogP contribution in [-0.2, 0) is 13.1 Å². The molecule has 0 bridgehead atoms. The molecule has 2 N–H and O–H groups in total. The maximum absolute atomic E-state index is 11.2. The standard InChI is InChI=1S/C27H34ClN3O5/c1-20-5-7-22(28)24(15-20)36-19-27(33)18-30(13-9-26(27)32)17-21-6-8-23(25(16-21)34-2)35-14-4-12-31-11-3-10-29-31/h3,5-8,10-11,15-16,26,32-33H,4,9,12-14,17-19H2,1-2H3/t26-,27-/m0/s1. The van der Waals surface area contributed by atoms with E-state index in [4.69, 9.17) is 25.8 Å². The van der Waals surface area contributed by atoms with Gasteiger partial charge in [-0.15, -0.1) is 0 Å². The van der Waals surface area contributed by atoms with Crippen LogP contribution in [0.5, 0.6) is 17.2 Å². The van der Waals surface area contributed by atoms with Gasteiger partial charge >= 0.3 is 0 Å². The number of β-amino-alcohol motifs (C(OH)–C–C–N with tert-alkyl or cyclic N) is 1. The topological polar surface area (TPSA) is 89.2 Å². The SMILES string of the molecule is COc1cc(CN2CC[C@H](O)[C@@](O)(COc3cc(C)ccc3Cl)C2)ccc1OCCCn1cccn1.